The third-order valence-corrected chi connectivity index (χ3v) is 3.70. The Hall–Kier alpha value is -0.940. The van der Waals surface area contributed by atoms with E-state index < -0.39 is 21.8 Å². The standard InChI is InChI=1S/C10H13FO3S/c1-8(12)5-6-15(13,14)10-4-2-3-9(11)7-10/h2-4,7-8,12H,5-6H2,1H3. The van der Waals surface area contributed by atoms with Gasteiger partial charge in [0.25, 0.3) is 0 Å². The van der Waals surface area contributed by atoms with Gasteiger partial charge in [0.15, 0.2) is 9.84 Å². The molecule has 3 nitrogen and oxygen atoms in total. The predicted molar refractivity (Wildman–Crippen MR) is 54.8 cm³/mol. The molecule has 0 heterocycles. The molecule has 0 saturated heterocycles. The molecule has 0 aromatic heterocycles. The van der Waals surface area contributed by atoms with Gasteiger partial charge in [-0.1, -0.05) is 6.07 Å². The van der Waals surface area contributed by atoms with Crippen LogP contribution in [0.15, 0.2) is 29.2 Å². The van der Waals surface area contributed by atoms with Crippen molar-refractivity contribution in [3.8, 4) is 0 Å². The minimum atomic E-state index is -3.48. The molecule has 0 spiro atoms. The minimum Gasteiger partial charge on any atom is -0.393 e. The minimum absolute atomic E-state index is 0.0387. The van der Waals surface area contributed by atoms with Crippen LogP contribution in [0.4, 0.5) is 4.39 Å². The number of hydrogen-bond acceptors (Lipinski definition) is 3. The number of aliphatic hydroxyl groups excluding tert-OH is 1. The van der Waals surface area contributed by atoms with Crippen molar-refractivity contribution < 1.29 is 17.9 Å². The average Bonchev–Trinajstić information content (AvgIpc) is 2.15. The Kier molecular flexibility index (Phi) is 3.82. The second-order valence-corrected chi connectivity index (χ2v) is 5.52. The summed E-state index contributed by atoms with van der Waals surface area (Å²) >= 11 is 0. The maximum Gasteiger partial charge on any atom is 0.178 e. The molecule has 0 aliphatic carbocycles. The van der Waals surface area contributed by atoms with Crippen molar-refractivity contribution in [1.29, 1.82) is 0 Å². The van der Waals surface area contributed by atoms with Gasteiger partial charge in [-0.25, -0.2) is 12.8 Å². The summed E-state index contributed by atoms with van der Waals surface area (Å²) in [5.41, 5.74) is 0. The lowest BCUT2D eigenvalue weighted by Crippen LogP contribution is -2.12. The van der Waals surface area contributed by atoms with Crippen LogP contribution >= 0.6 is 0 Å². The van der Waals surface area contributed by atoms with Crippen LogP contribution in [0.25, 0.3) is 0 Å². The van der Waals surface area contributed by atoms with E-state index in [-0.39, 0.29) is 17.1 Å². The Bertz CT molecular complexity index is 426. The first kappa shape index (κ1) is 12.1. The number of sulfone groups is 1. The van der Waals surface area contributed by atoms with E-state index in [0.717, 1.165) is 6.07 Å². The van der Waals surface area contributed by atoms with Crippen LogP contribution in [0.3, 0.4) is 0 Å². The van der Waals surface area contributed by atoms with Gasteiger partial charge in [-0.15, -0.1) is 0 Å². The quantitative estimate of drug-likeness (QED) is 0.853. The van der Waals surface area contributed by atoms with Gasteiger partial charge in [-0.05, 0) is 31.5 Å². The lowest BCUT2D eigenvalue weighted by molar-refractivity contribution is 0.191. The molecular weight excluding hydrogens is 219 g/mol. The van der Waals surface area contributed by atoms with Gasteiger partial charge in [0.2, 0.25) is 0 Å². The van der Waals surface area contributed by atoms with Gasteiger partial charge in [0.05, 0.1) is 16.8 Å². The van der Waals surface area contributed by atoms with Crippen LogP contribution < -0.4 is 0 Å². The Morgan fingerprint density at radius 1 is 1.47 bits per heavy atom. The zero-order valence-corrected chi connectivity index (χ0v) is 9.17. The third kappa shape index (κ3) is 3.60. The number of halogens is 1. The fourth-order valence-corrected chi connectivity index (χ4v) is 2.57. The molecule has 1 N–H and O–H groups in total. The summed E-state index contributed by atoms with van der Waals surface area (Å²) in [6.07, 6.45) is -0.521. The first-order chi connectivity index (χ1) is 6.92. The van der Waals surface area contributed by atoms with Crippen LogP contribution in [0.2, 0.25) is 0 Å². The zero-order chi connectivity index (χ0) is 11.5. The summed E-state index contributed by atoms with van der Waals surface area (Å²) in [4.78, 5) is -0.0387. The van der Waals surface area contributed by atoms with Gasteiger partial charge >= 0.3 is 0 Å². The maximum absolute atomic E-state index is 12.8. The van der Waals surface area contributed by atoms with E-state index in [1.165, 1.54) is 25.1 Å². The van der Waals surface area contributed by atoms with Crippen LogP contribution in [0.5, 0.6) is 0 Å². The highest BCUT2D eigenvalue weighted by molar-refractivity contribution is 7.91. The SMILES string of the molecule is CC(O)CCS(=O)(=O)c1cccc(F)c1. The highest BCUT2D eigenvalue weighted by atomic mass is 32.2. The molecule has 1 aromatic rings. The maximum atomic E-state index is 12.8. The van der Waals surface area contributed by atoms with Crippen LogP contribution in [-0.2, 0) is 9.84 Å². The van der Waals surface area contributed by atoms with Crippen molar-refractivity contribution in [2.75, 3.05) is 5.75 Å². The molecule has 0 saturated carbocycles. The molecule has 1 unspecified atom stereocenters. The Balaban J connectivity index is 2.87. The van der Waals surface area contributed by atoms with Crippen LogP contribution in [-0.4, -0.2) is 25.4 Å². The van der Waals surface area contributed by atoms with Gasteiger partial charge < -0.3 is 5.11 Å². The topological polar surface area (TPSA) is 54.4 Å². The summed E-state index contributed by atoms with van der Waals surface area (Å²) < 4.78 is 36.0. The second-order valence-electron chi connectivity index (χ2n) is 3.41. The van der Waals surface area contributed by atoms with E-state index in [1.807, 2.05) is 0 Å². The fourth-order valence-electron chi connectivity index (χ4n) is 1.10. The molecule has 0 fully saturated rings. The highest BCUT2D eigenvalue weighted by Gasteiger charge is 2.15. The van der Waals surface area contributed by atoms with E-state index in [9.17, 15) is 12.8 Å². The van der Waals surface area contributed by atoms with Crippen molar-refractivity contribution in [2.24, 2.45) is 0 Å². The smallest absolute Gasteiger partial charge is 0.178 e. The van der Waals surface area contributed by atoms with E-state index in [0.29, 0.717) is 0 Å². The molecule has 0 aliphatic heterocycles. The molecule has 5 heteroatoms. The zero-order valence-electron chi connectivity index (χ0n) is 8.35. The predicted octanol–water partition coefficient (Wildman–Crippen LogP) is 1.37. The molecule has 15 heavy (non-hydrogen) atoms. The molecule has 1 rings (SSSR count). The lowest BCUT2D eigenvalue weighted by atomic mass is 10.3. The van der Waals surface area contributed by atoms with Crippen molar-refractivity contribution in [3.05, 3.63) is 30.1 Å². The van der Waals surface area contributed by atoms with Gasteiger partial charge in [0.1, 0.15) is 5.82 Å². The Morgan fingerprint density at radius 2 is 2.13 bits per heavy atom. The Labute approximate surface area is 88.5 Å². The Morgan fingerprint density at radius 3 is 2.67 bits per heavy atom. The summed E-state index contributed by atoms with van der Waals surface area (Å²) in [6, 6.07) is 4.87. The number of aliphatic hydroxyl groups is 1. The summed E-state index contributed by atoms with van der Waals surface area (Å²) in [5.74, 6) is -0.748. The molecule has 1 aromatic carbocycles. The monoisotopic (exact) mass is 232 g/mol. The van der Waals surface area contributed by atoms with Gasteiger partial charge in [-0.2, -0.15) is 0 Å². The van der Waals surface area contributed by atoms with E-state index in [2.05, 4.69) is 0 Å². The largest absolute Gasteiger partial charge is 0.393 e. The molecule has 0 amide bonds. The molecule has 0 radical (unpaired) electrons. The average molecular weight is 232 g/mol. The second kappa shape index (κ2) is 4.72. The first-order valence-corrected chi connectivity index (χ1v) is 6.23. The first-order valence-electron chi connectivity index (χ1n) is 4.58. The van der Waals surface area contributed by atoms with Crippen molar-refractivity contribution in [1.82, 2.24) is 0 Å². The van der Waals surface area contributed by atoms with Crippen molar-refractivity contribution in [2.45, 2.75) is 24.3 Å². The highest BCUT2D eigenvalue weighted by Crippen LogP contribution is 2.13. The number of hydrogen-bond donors (Lipinski definition) is 1. The number of benzene rings is 1. The molecule has 0 aliphatic rings. The lowest BCUT2D eigenvalue weighted by Gasteiger charge is -2.05. The molecule has 0 bridgehead atoms. The van der Waals surface area contributed by atoms with Gasteiger partial charge in [-0.3, -0.25) is 0 Å². The molecule has 1 atom stereocenters. The number of rotatable bonds is 4. The van der Waals surface area contributed by atoms with Crippen molar-refractivity contribution >= 4 is 9.84 Å². The summed E-state index contributed by atoms with van der Waals surface area (Å²) in [5, 5.41) is 8.98. The summed E-state index contributed by atoms with van der Waals surface area (Å²) in [6.45, 7) is 1.51. The summed E-state index contributed by atoms with van der Waals surface area (Å²) in [7, 11) is -3.48. The van der Waals surface area contributed by atoms with E-state index in [4.69, 9.17) is 5.11 Å². The van der Waals surface area contributed by atoms with Crippen LogP contribution in [0.1, 0.15) is 13.3 Å². The molecule has 84 valence electrons. The molecular formula is C10H13FO3S. The van der Waals surface area contributed by atoms with Crippen LogP contribution in [0, 0.1) is 5.82 Å². The van der Waals surface area contributed by atoms with Crippen molar-refractivity contribution in [3.63, 3.8) is 0 Å². The fraction of sp³-hybridized carbons (Fsp3) is 0.400. The van der Waals surface area contributed by atoms with E-state index >= 15 is 0 Å². The van der Waals surface area contributed by atoms with E-state index in [1.54, 1.807) is 0 Å². The normalized spacial score (nSPS) is 13.8. The third-order valence-electron chi connectivity index (χ3n) is 1.96. The van der Waals surface area contributed by atoms with Gasteiger partial charge in [0, 0.05) is 0 Å².